The summed E-state index contributed by atoms with van der Waals surface area (Å²) in [7, 11) is 1.89. The molecule has 3 rings (SSSR count). The second-order valence-corrected chi connectivity index (χ2v) is 5.80. The van der Waals surface area contributed by atoms with Gasteiger partial charge in [0.25, 0.3) is 5.91 Å². The van der Waals surface area contributed by atoms with Gasteiger partial charge in [0.2, 0.25) is 0 Å². The van der Waals surface area contributed by atoms with Crippen LogP contribution in [0.5, 0.6) is 0 Å². The SMILES string of the molecule is Cc1cccc2sc(=NC(=O)c3ccc(F)cc3)n(C)c12. The molecule has 0 aliphatic carbocycles. The van der Waals surface area contributed by atoms with Crippen molar-refractivity contribution in [3.63, 3.8) is 0 Å². The van der Waals surface area contributed by atoms with Gasteiger partial charge < -0.3 is 4.57 Å². The van der Waals surface area contributed by atoms with Crippen molar-refractivity contribution in [1.82, 2.24) is 4.57 Å². The number of halogens is 1. The molecule has 2 aromatic carbocycles. The molecule has 0 aliphatic rings. The van der Waals surface area contributed by atoms with Crippen molar-refractivity contribution in [3.05, 3.63) is 64.2 Å². The summed E-state index contributed by atoms with van der Waals surface area (Å²) >= 11 is 1.47. The first kappa shape index (κ1) is 13.7. The monoisotopic (exact) mass is 300 g/mol. The normalized spacial score (nSPS) is 12.0. The van der Waals surface area contributed by atoms with Crippen molar-refractivity contribution in [2.75, 3.05) is 0 Å². The molecular formula is C16H13FN2OS. The lowest BCUT2D eigenvalue weighted by Crippen LogP contribution is -2.13. The van der Waals surface area contributed by atoms with Gasteiger partial charge in [0.1, 0.15) is 5.82 Å². The predicted molar refractivity (Wildman–Crippen MR) is 81.8 cm³/mol. The van der Waals surface area contributed by atoms with E-state index in [1.54, 1.807) is 0 Å². The van der Waals surface area contributed by atoms with Gasteiger partial charge in [-0.25, -0.2) is 4.39 Å². The van der Waals surface area contributed by atoms with Gasteiger partial charge in [-0.15, -0.1) is 0 Å². The van der Waals surface area contributed by atoms with Crippen LogP contribution in [0.2, 0.25) is 0 Å². The van der Waals surface area contributed by atoms with E-state index < -0.39 is 0 Å². The molecule has 0 bridgehead atoms. The molecule has 21 heavy (non-hydrogen) atoms. The Hall–Kier alpha value is -2.27. The zero-order valence-corrected chi connectivity index (χ0v) is 12.4. The first-order chi connectivity index (χ1) is 10.1. The number of amides is 1. The Morgan fingerprint density at radius 3 is 2.57 bits per heavy atom. The third-order valence-corrected chi connectivity index (χ3v) is 4.41. The standard InChI is InChI=1S/C16H13FN2OS/c1-10-4-3-5-13-14(10)19(2)16(21-13)18-15(20)11-6-8-12(17)9-7-11/h3-9H,1-2H3. The van der Waals surface area contributed by atoms with Crippen LogP contribution in [0.3, 0.4) is 0 Å². The van der Waals surface area contributed by atoms with E-state index in [0.717, 1.165) is 15.8 Å². The minimum atomic E-state index is -0.366. The number of hydrogen-bond acceptors (Lipinski definition) is 2. The average Bonchev–Trinajstić information content (AvgIpc) is 2.77. The number of carbonyl (C=O) groups excluding carboxylic acids is 1. The number of nitrogens with zero attached hydrogens (tertiary/aromatic N) is 2. The van der Waals surface area contributed by atoms with Crippen molar-refractivity contribution >= 4 is 27.5 Å². The average molecular weight is 300 g/mol. The molecule has 106 valence electrons. The Kier molecular flexibility index (Phi) is 3.43. The molecule has 0 spiro atoms. The van der Waals surface area contributed by atoms with Gasteiger partial charge in [0.05, 0.1) is 10.2 Å². The first-order valence-corrected chi connectivity index (χ1v) is 7.27. The summed E-state index contributed by atoms with van der Waals surface area (Å²) in [5.74, 6) is -0.732. The summed E-state index contributed by atoms with van der Waals surface area (Å²) in [4.78, 5) is 16.9. The molecule has 1 aromatic heterocycles. The van der Waals surface area contributed by atoms with Crippen LogP contribution in [0.1, 0.15) is 15.9 Å². The maximum atomic E-state index is 12.9. The molecular weight excluding hydrogens is 287 g/mol. The minimum absolute atomic E-state index is 0.366. The summed E-state index contributed by atoms with van der Waals surface area (Å²) in [6.07, 6.45) is 0. The summed E-state index contributed by atoms with van der Waals surface area (Å²) in [5.41, 5.74) is 2.60. The van der Waals surface area contributed by atoms with Crippen LogP contribution in [0, 0.1) is 12.7 Å². The number of carbonyl (C=O) groups is 1. The molecule has 0 N–H and O–H groups in total. The van der Waals surface area contributed by atoms with E-state index in [1.165, 1.54) is 35.6 Å². The lowest BCUT2D eigenvalue weighted by atomic mass is 10.2. The smallest absolute Gasteiger partial charge is 0.279 e. The lowest BCUT2D eigenvalue weighted by Gasteiger charge is -1.99. The molecule has 5 heteroatoms. The second kappa shape index (κ2) is 5.26. The quantitative estimate of drug-likeness (QED) is 0.678. The largest absolute Gasteiger partial charge is 0.319 e. The van der Waals surface area contributed by atoms with E-state index >= 15 is 0 Å². The fourth-order valence-corrected chi connectivity index (χ4v) is 3.34. The molecule has 1 amide bonds. The van der Waals surface area contributed by atoms with Gasteiger partial charge in [-0.1, -0.05) is 23.5 Å². The molecule has 3 nitrogen and oxygen atoms in total. The van der Waals surface area contributed by atoms with Crippen molar-refractivity contribution in [3.8, 4) is 0 Å². The zero-order valence-electron chi connectivity index (χ0n) is 11.6. The number of hydrogen-bond donors (Lipinski definition) is 0. The number of fused-ring (bicyclic) bond motifs is 1. The van der Waals surface area contributed by atoms with E-state index in [0.29, 0.717) is 10.4 Å². The highest BCUT2D eigenvalue weighted by atomic mass is 32.1. The summed E-state index contributed by atoms with van der Waals surface area (Å²) in [6.45, 7) is 2.03. The van der Waals surface area contributed by atoms with Crippen LogP contribution >= 0.6 is 11.3 Å². The number of aromatic nitrogens is 1. The number of aryl methyl sites for hydroxylation is 2. The number of rotatable bonds is 1. The summed E-state index contributed by atoms with van der Waals surface area (Å²) < 4.78 is 15.9. The minimum Gasteiger partial charge on any atom is -0.319 e. The highest BCUT2D eigenvalue weighted by molar-refractivity contribution is 7.16. The van der Waals surface area contributed by atoms with Crippen molar-refractivity contribution in [1.29, 1.82) is 0 Å². The third kappa shape index (κ3) is 2.52. The van der Waals surface area contributed by atoms with Gasteiger partial charge in [-0.2, -0.15) is 4.99 Å². The van der Waals surface area contributed by atoms with E-state index in [9.17, 15) is 9.18 Å². The highest BCUT2D eigenvalue weighted by Gasteiger charge is 2.08. The van der Waals surface area contributed by atoms with E-state index in [2.05, 4.69) is 4.99 Å². The Labute approximate surface area is 125 Å². The number of para-hydroxylation sites is 1. The molecule has 1 heterocycles. The molecule has 0 saturated carbocycles. The van der Waals surface area contributed by atoms with E-state index in [4.69, 9.17) is 0 Å². The van der Waals surface area contributed by atoms with Crippen molar-refractivity contribution < 1.29 is 9.18 Å². The van der Waals surface area contributed by atoms with Gasteiger partial charge in [-0.05, 0) is 42.8 Å². The molecule has 3 aromatic rings. The van der Waals surface area contributed by atoms with Gasteiger partial charge in [-0.3, -0.25) is 4.79 Å². The Morgan fingerprint density at radius 2 is 1.90 bits per heavy atom. The van der Waals surface area contributed by atoms with E-state index in [1.807, 2.05) is 36.7 Å². The summed E-state index contributed by atoms with van der Waals surface area (Å²) in [6, 6.07) is 11.4. The molecule has 0 radical (unpaired) electrons. The second-order valence-electron chi connectivity index (χ2n) is 4.79. The zero-order chi connectivity index (χ0) is 15.0. The maximum Gasteiger partial charge on any atom is 0.279 e. The topological polar surface area (TPSA) is 34.4 Å². The van der Waals surface area contributed by atoms with Crippen molar-refractivity contribution in [2.24, 2.45) is 12.0 Å². The van der Waals surface area contributed by atoms with Crippen molar-refractivity contribution in [2.45, 2.75) is 6.92 Å². The van der Waals surface area contributed by atoms with Crippen LogP contribution in [0.15, 0.2) is 47.5 Å². The molecule has 0 fully saturated rings. The molecule has 0 aliphatic heterocycles. The van der Waals surface area contributed by atoms with Gasteiger partial charge in [0, 0.05) is 12.6 Å². The fourth-order valence-electron chi connectivity index (χ4n) is 2.25. The predicted octanol–water partition coefficient (Wildman–Crippen LogP) is 3.43. The number of benzene rings is 2. The molecule has 0 saturated heterocycles. The molecule has 0 unspecified atom stereocenters. The van der Waals surface area contributed by atoms with Crippen LogP contribution in [0.25, 0.3) is 10.2 Å². The summed E-state index contributed by atoms with van der Waals surface area (Å²) in [5, 5.41) is 0. The highest BCUT2D eigenvalue weighted by Crippen LogP contribution is 2.19. The van der Waals surface area contributed by atoms with Crippen LogP contribution in [0.4, 0.5) is 4.39 Å². The van der Waals surface area contributed by atoms with Gasteiger partial charge >= 0.3 is 0 Å². The Morgan fingerprint density at radius 1 is 1.19 bits per heavy atom. The fraction of sp³-hybridized carbons (Fsp3) is 0.125. The Bertz CT molecular complexity index is 891. The lowest BCUT2D eigenvalue weighted by molar-refractivity contribution is 0.0998. The Balaban J connectivity index is 2.11. The van der Waals surface area contributed by atoms with Crippen LogP contribution in [-0.4, -0.2) is 10.5 Å². The molecule has 0 atom stereocenters. The first-order valence-electron chi connectivity index (χ1n) is 6.46. The number of thiazole rings is 1. The van der Waals surface area contributed by atoms with Crippen LogP contribution < -0.4 is 4.80 Å². The maximum absolute atomic E-state index is 12.9. The third-order valence-electron chi connectivity index (χ3n) is 3.31. The van der Waals surface area contributed by atoms with Gasteiger partial charge in [0.15, 0.2) is 4.80 Å². The van der Waals surface area contributed by atoms with E-state index in [-0.39, 0.29) is 11.7 Å². The van der Waals surface area contributed by atoms with Crippen LogP contribution in [-0.2, 0) is 7.05 Å².